The first-order valence-electron chi connectivity index (χ1n) is 9.04. The van der Waals surface area contributed by atoms with Crippen molar-refractivity contribution in [2.45, 2.75) is 38.5 Å². The van der Waals surface area contributed by atoms with Crippen molar-refractivity contribution in [2.24, 2.45) is 11.8 Å². The molecule has 2 aromatic rings. The molecule has 148 valence electrons. The van der Waals surface area contributed by atoms with Gasteiger partial charge in [0, 0.05) is 28.8 Å². The van der Waals surface area contributed by atoms with Crippen LogP contribution in [0.2, 0.25) is 0 Å². The van der Waals surface area contributed by atoms with E-state index in [4.69, 9.17) is 14.0 Å². The Bertz CT molecular complexity index is 818. The van der Waals surface area contributed by atoms with E-state index in [2.05, 4.69) is 57.2 Å². The van der Waals surface area contributed by atoms with Gasteiger partial charge < -0.3 is 0 Å². The van der Waals surface area contributed by atoms with E-state index in [0.29, 0.717) is 17.6 Å². The van der Waals surface area contributed by atoms with Crippen LogP contribution in [0, 0.1) is 38.7 Å². The van der Waals surface area contributed by atoms with Crippen LogP contribution in [0.1, 0.15) is 52.2 Å². The summed E-state index contributed by atoms with van der Waals surface area (Å²) in [6, 6.07) is 17.0. The molecule has 0 aliphatic heterocycles. The molecule has 0 amide bonds. The minimum absolute atomic E-state index is 0. The molecule has 0 bridgehead atoms. The van der Waals surface area contributed by atoms with Crippen molar-refractivity contribution in [3.05, 3.63) is 90.7 Å². The Kier molecular flexibility index (Phi) is 12.9. The van der Waals surface area contributed by atoms with E-state index < -0.39 is 0 Å². The third kappa shape index (κ3) is 6.71. The third-order valence-corrected chi connectivity index (χ3v) is 5.37. The summed E-state index contributed by atoms with van der Waals surface area (Å²) in [4.78, 5) is 13.0. The van der Waals surface area contributed by atoms with Gasteiger partial charge in [-0.25, -0.2) is 0 Å². The van der Waals surface area contributed by atoms with Gasteiger partial charge in [0.1, 0.15) is 0 Å². The number of carbonyl (C=O) groups is 1. The van der Waals surface area contributed by atoms with Crippen molar-refractivity contribution in [1.82, 2.24) is 0 Å². The molecule has 1 saturated carbocycles. The van der Waals surface area contributed by atoms with E-state index >= 15 is 0 Å². The summed E-state index contributed by atoms with van der Waals surface area (Å²) in [7, 11) is 0. The molecule has 0 saturated heterocycles. The first-order valence-corrected chi connectivity index (χ1v) is 9.04. The van der Waals surface area contributed by atoms with Crippen LogP contribution in [0.25, 0.3) is 0 Å². The van der Waals surface area contributed by atoms with Gasteiger partial charge in [0.05, 0.1) is 0 Å². The fraction of sp³-hybridized carbons (Fsp3) is 0.333. The maximum absolute atomic E-state index is 13.0. The first-order chi connectivity index (χ1) is 13.7. The molecule has 1 fully saturated rings. The van der Waals surface area contributed by atoms with Crippen LogP contribution in [0.5, 0.6) is 0 Å². The van der Waals surface area contributed by atoms with E-state index in [1.807, 2.05) is 18.2 Å². The summed E-state index contributed by atoms with van der Waals surface area (Å²) in [5.41, 5.74) is 4.86. The second kappa shape index (κ2) is 13.9. The Hall–Kier alpha value is -2.14. The van der Waals surface area contributed by atoms with Gasteiger partial charge in [0.25, 0.3) is 0 Å². The number of hydrogen-bond acceptors (Lipinski definition) is 1. The SMILES string of the molecule is Cc1ccc([C@@H](C2CC2)[C@@H]2CCc3ccccc3C2=O)cc1.[C-]#[O+].[C-]#[O+].[C-]#[O+].[Cr]. The fourth-order valence-electron chi connectivity index (χ4n) is 4.04. The minimum Gasteiger partial charge on any atom is 0 e. The molecular formula is C24H22CrO4. The summed E-state index contributed by atoms with van der Waals surface area (Å²) in [6.45, 7) is 15.6. The first kappa shape index (κ1) is 26.9. The maximum Gasteiger partial charge on any atom is 0 e. The van der Waals surface area contributed by atoms with Crippen molar-refractivity contribution in [1.29, 1.82) is 0 Å². The molecule has 0 N–H and O–H groups in total. The van der Waals surface area contributed by atoms with E-state index in [-0.39, 0.29) is 23.3 Å². The number of fused-ring (bicyclic) bond motifs is 1. The second-order valence-corrected chi connectivity index (χ2v) is 6.94. The van der Waals surface area contributed by atoms with Gasteiger partial charge in [-0.1, -0.05) is 54.1 Å². The summed E-state index contributed by atoms with van der Waals surface area (Å²) in [5.74, 6) is 1.67. The van der Waals surface area contributed by atoms with E-state index in [1.165, 1.54) is 29.5 Å². The Morgan fingerprint density at radius 3 is 1.97 bits per heavy atom. The number of carbonyl (C=O) groups excluding carboxylic acids is 1. The molecule has 2 aliphatic carbocycles. The van der Waals surface area contributed by atoms with Crippen molar-refractivity contribution in [3.63, 3.8) is 0 Å². The van der Waals surface area contributed by atoms with Gasteiger partial charge in [-0.3, -0.25) is 4.79 Å². The zero-order valence-corrected chi connectivity index (χ0v) is 17.5. The Morgan fingerprint density at radius 2 is 1.41 bits per heavy atom. The van der Waals surface area contributed by atoms with Crippen LogP contribution in [0.15, 0.2) is 48.5 Å². The summed E-state index contributed by atoms with van der Waals surface area (Å²) in [5, 5.41) is 0. The predicted molar refractivity (Wildman–Crippen MR) is 101 cm³/mol. The summed E-state index contributed by atoms with van der Waals surface area (Å²) in [6.07, 6.45) is 4.61. The van der Waals surface area contributed by atoms with Gasteiger partial charge in [-0.05, 0) is 55.6 Å². The normalized spacial score (nSPS) is 17.1. The van der Waals surface area contributed by atoms with Crippen LogP contribution < -0.4 is 0 Å². The van der Waals surface area contributed by atoms with Gasteiger partial charge in [-0.2, -0.15) is 0 Å². The number of benzene rings is 2. The number of ketones is 1. The smallest absolute Gasteiger partial charge is 0 e. The molecule has 0 aromatic heterocycles. The molecule has 2 aromatic carbocycles. The van der Waals surface area contributed by atoms with Crippen LogP contribution >= 0.6 is 0 Å². The summed E-state index contributed by atoms with van der Waals surface area (Å²) < 4.78 is 22.5. The van der Waals surface area contributed by atoms with Gasteiger partial charge in [0.2, 0.25) is 0 Å². The third-order valence-electron chi connectivity index (χ3n) is 5.37. The minimum atomic E-state index is 0. The largest absolute Gasteiger partial charge is 0 e. The molecule has 0 heterocycles. The fourth-order valence-corrected chi connectivity index (χ4v) is 4.04. The molecule has 0 spiro atoms. The van der Waals surface area contributed by atoms with Crippen molar-refractivity contribution in [2.75, 3.05) is 0 Å². The van der Waals surface area contributed by atoms with E-state index in [0.717, 1.165) is 18.4 Å². The average Bonchev–Trinajstić information content (AvgIpc) is 3.61. The van der Waals surface area contributed by atoms with Crippen LogP contribution in [-0.2, 0) is 37.7 Å². The van der Waals surface area contributed by atoms with Gasteiger partial charge in [-0.15, -0.1) is 0 Å². The Balaban J connectivity index is 0.00000103. The molecule has 5 heteroatoms. The number of hydrogen-bond donors (Lipinski definition) is 0. The molecule has 2 aliphatic rings. The molecule has 4 nitrogen and oxygen atoms in total. The van der Waals surface area contributed by atoms with Crippen LogP contribution in [0.3, 0.4) is 0 Å². The monoisotopic (exact) mass is 426 g/mol. The standard InChI is InChI=1S/C21H22O.3CO.Cr/c1-14-6-8-16(9-7-14)20(17-10-11-17)19-13-12-15-4-2-3-5-18(15)21(19)22;3*1-2;/h2-9,17,19-20H,10-13H2,1H3;;;;/t19-,20-;;;;/m0..../s1. The van der Waals surface area contributed by atoms with E-state index in [1.54, 1.807) is 0 Å². The van der Waals surface area contributed by atoms with E-state index in [9.17, 15) is 4.79 Å². The Morgan fingerprint density at radius 1 is 0.862 bits per heavy atom. The quantitative estimate of drug-likeness (QED) is 0.512. The topological polar surface area (TPSA) is 76.8 Å². The Labute approximate surface area is 183 Å². The van der Waals surface area contributed by atoms with Crippen molar-refractivity contribution in [3.8, 4) is 0 Å². The maximum atomic E-state index is 13.0. The predicted octanol–water partition coefficient (Wildman–Crippen LogP) is 4.82. The average molecular weight is 426 g/mol. The number of rotatable bonds is 3. The molecule has 2 atom stereocenters. The van der Waals surface area contributed by atoms with Crippen LogP contribution in [0.4, 0.5) is 0 Å². The molecular weight excluding hydrogens is 404 g/mol. The van der Waals surface area contributed by atoms with Gasteiger partial charge in [0.15, 0.2) is 5.78 Å². The molecule has 29 heavy (non-hydrogen) atoms. The molecule has 0 unspecified atom stereocenters. The zero-order valence-electron chi connectivity index (χ0n) is 16.2. The number of Topliss-reactive ketones (excluding diaryl/α,β-unsaturated/α-hetero) is 1. The molecule has 0 radical (unpaired) electrons. The van der Waals surface area contributed by atoms with Crippen LogP contribution in [-0.4, -0.2) is 5.78 Å². The van der Waals surface area contributed by atoms with Gasteiger partial charge >= 0.3 is 33.9 Å². The van der Waals surface area contributed by atoms with Crippen molar-refractivity contribution < 1.29 is 36.1 Å². The summed E-state index contributed by atoms with van der Waals surface area (Å²) >= 11 is 0. The van der Waals surface area contributed by atoms with Crippen molar-refractivity contribution >= 4 is 5.78 Å². The second-order valence-electron chi connectivity index (χ2n) is 6.94. The molecule has 4 rings (SSSR count). The zero-order chi connectivity index (χ0) is 21.1. The number of aryl methyl sites for hydroxylation is 2.